The summed E-state index contributed by atoms with van der Waals surface area (Å²) in [5, 5.41) is 2.09. The van der Waals surface area contributed by atoms with E-state index < -0.39 is 0 Å². The smallest absolute Gasteiger partial charge is 0.266 e. The average Bonchev–Trinajstić information content (AvgIpc) is 2.53. The van der Waals surface area contributed by atoms with Crippen molar-refractivity contribution in [2.75, 3.05) is 0 Å². The van der Waals surface area contributed by atoms with Crippen molar-refractivity contribution in [3.63, 3.8) is 0 Å². The summed E-state index contributed by atoms with van der Waals surface area (Å²) in [5.74, 6) is 0.929. The minimum Gasteiger partial charge on any atom is -0.291 e. The summed E-state index contributed by atoms with van der Waals surface area (Å²) in [4.78, 5) is 11.5. The Morgan fingerprint density at radius 3 is 3.00 bits per heavy atom. The van der Waals surface area contributed by atoms with E-state index in [1.165, 1.54) is 5.71 Å². The van der Waals surface area contributed by atoms with Gasteiger partial charge in [0, 0.05) is 24.2 Å². The van der Waals surface area contributed by atoms with Gasteiger partial charge in [0.05, 0.1) is 0 Å². The van der Waals surface area contributed by atoms with E-state index in [1.54, 1.807) is 11.8 Å². The summed E-state index contributed by atoms with van der Waals surface area (Å²) in [6, 6.07) is 0. The first-order valence-electron chi connectivity index (χ1n) is 4.69. The zero-order valence-corrected chi connectivity index (χ0v) is 8.80. The SMILES string of the molecule is CC(C)C1=[N+]2C=CSC2C(=O)CC1. The number of hydrogen-bond acceptors (Lipinski definition) is 2. The fraction of sp³-hybridized carbons (Fsp3) is 0.600. The first-order valence-corrected chi connectivity index (χ1v) is 5.63. The predicted molar refractivity (Wildman–Crippen MR) is 54.9 cm³/mol. The molecule has 0 aromatic carbocycles. The molecule has 3 heteroatoms. The summed E-state index contributed by atoms with van der Waals surface area (Å²) in [7, 11) is 0. The predicted octanol–water partition coefficient (Wildman–Crippen LogP) is 2.00. The second-order valence-corrected chi connectivity index (χ2v) is 4.78. The summed E-state index contributed by atoms with van der Waals surface area (Å²) in [6.07, 6.45) is 3.71. The molecular formula is C10H14NOS+. The van der Waals surface area contributed by atoms with E-state index in [-0.39, 0.29) is 5.37 Å². The van der Waals surface area contributed by atoms with Crippen LogP contribution < -0.4 is 0 Å². The molecule has 2 heterocycles. The highest BCUT2D eigenvalue weighted by atomic mass is 32.2. The molecule has 0 bridgehead atoms. The van der Waals surface area contributed by atoms with Gasteiger partial charge in [-0.15, -0.1) is 0 Å². The zero-order chi connectivity index (χ0) is 9.42. The van der Waals surface area contributed by atoms with Crippen LogP contribution in [0.25, 0.3) is 0 Å². The van der Waals surface area contributed by atoms with E-state index in [1.807, 2.05) is 11.6 Å². The van der Waals surface area contributed by atoms with Gasteiger partial charge in [0.25, 0.3) is 5.37 Å². The Morgan fingerprint density at radius 2 is 2.31 bits per heavy atom. The van der Waals surface area contributed by atoms with Crippen molar-refractivity contribution in [3.8, 4) is 0 Å². The Bertz CT molecular complexity index is 304. The van der Waals surface area contributed by atoms with Crippen LogP contribution >= 0.6 is 11.8 Å². The number of ketones is 1. The van der Waals surface area contributed by atoms with Crippen molar-refractivity contribution in [1.29, 1.82) is 0 Å². The van der Waals surface area contributed by atoms with Crippen molar-refractivity contribution in [1.82, 2.24) is 0 Å². The number of hydrogen-bond donors (Lipinski definition) is 0. The number of carbonyl (C=O) groups excluding carboxylic acids is 1. The number of fused-ring (bicyclic) bond motifs is 1. The van der Waals surface area contributed by atoms with Gasteiger partial charge in [-0.1, -0.05) is 13.8 Å². The molecule has 0 spiro atoms. The minimum atomic E-state index is 0.0612. The Hall–Kier alpha value is -0.570. The summed E-state index contributed by atoms with van der Waals surface area (Å²) < 4.78 is 2.15. The van der Waals surface area contributed by atoms with Crippen LogP contribution in [0.3, 0.4) is 0 Å². The highest BCUT2D eigenvalue weighted by molar-refractivity contribution is 8.03. The lowest BCUT2D eigenvalue weighted by Crippen LogP contribution is -2.37. The van der Waals surface area contributed by atoms with Gasteiger partial charge >= 0.3 is 0 Å². The van der Waals surface area contributed by atoms with E-state index in [4.69, 9.17) is 0 Å². The Morgan fingerprint density at radius 1 is 1.54 bits per heavy atom. The molecule has 70 valence electrons. The van der Waals surface area contributed by atoms with Crippen molar-refractivity contribution < 1.29 is 9.37 Å². The lowest BCUT2D eigenvalue weighted by molar-refractivity contribution is -0.462. The molecule has 0 aliphatic carbocycles. The van der Waals surface area contributed by atoms with Gasteiger partial charge in [0.2, 0.25) is 5.78 Å². The Kier molecular flexibility index (Phi) is 2.28. The second-order valence-electron chi connectivity index (χ2n) is 3.79. The maximum absolute atomic E-state index is 11.5. The van der Waals surface area contributed by atoms with Crippen molar-refractivity contribution in [3.05, 3.63) is 11.6 Å². The number of carbonyl (C=O) groups is 1. The molecule has 1 atom stereocenters. The molecule has 0 amide bonds. The zero-order valence-electron chi connectivity index (χ0n) is 7.99. The average molecular weight is 196 g/mol. The van der Waals surface area contributed by atoms with Crippen molar-refractivity contribution in [2.24, 2.45) is 5.92 Å². The number of Topliss-reactive ketones (excluding diaryl/α,β-unsaturated/α-hetero) is 1. The topological polar surface area (TPSA) is 20.1 Å². The summed E-state index contributed by atoms with van der Waals surface area (Å²) in [5.41, 5.74) is 1.41. The van der Waals surface area contributed by atoms with Crippen LogP contribution in [0.4, 0.5) is 0 Å². The Labute approximate surface area is 82.7 Å². The van der Waals surface area contributed by atoms with Crippen molar-refractivity contribution in [2.45, 2.75) is 32.1 Å². The second kappa shape index (κ2) is 3.29. The molecule has 0 saturated carbocycles. The van der Waals surface area contributed by atoms with Crippen LogP contribution in [0.15, 0.2) is 11.6 Å². The lowest BCUT2D eigenvalue weighted by atomic mass is 9.98. The highest BCUT2D eigenvalue weighted by Gasteiger charge is 2.39. The standard InChI is InChI=1S/C10H14NOS/c1-7(2)8-3-4-9(12)10-11(8)5-6-13-10/h5-7,10H,3-4H2,1-2H3/q+1. The third kappa shape index (κ3) is 1.46. The summed E-state index contributed by atoms with van der Waals surface area (Å²) in [6.45, 7) is 4.39. The third-order valence-corrected chi connectivity index (χ3v) is 3.61. The molecule has 2 aliphatic rings. The molecule has 13 heavy (non-hydrogen) atoms. The molecular weight excluding hydrogens is 182 g/mol. The van der Waals surface area contributed by atoms with Gasteiger partial charge in [0.15, 0.2) is 11.9 Å². The number of nitrogens with zero attached hydrogens (tertiary/aromatic N) is 1. The fourth-order valence-corrected chi connectivity index (χ4v) is 2.84. The molecule has 2 aliphatic heterocycles. The molecule has 2 nitrogen and oxygen atoms in total. The van der Waals surface area contributed by atoms with Gasteiger partial charge < -0.3 is 0 Å². The van der Waals surface area contributed by atoms with Gasteiger partial charge in [-0.2, -0.15) is 4.58 Å². The molecule has 1 unspecified atom stereocenters. The lowest BCUT2D eigenvalue weighted by Gasteiger charge is -2.17. The molecule has 0 N–H and O–H groups in total. The van der Waals surface area contributed by atoms with Crippen molar-refractivity contribution >= 4 is 23.3 Å². The minimum absolute atomic E-state index is 0.0612. The van der Waals surface area contributed by atoms with Gasteiger partial charge in [0.1, 0.15) is 0 Å². The van der Waals surface area contributed by atoms with Gasteiger partial charge in [-0.25, -0.2) is 0 Å². The third-order valence-electron chi connectivity index (χ3n) is 2.58. The van der Waals surface area contributed by atoms with Crippen LogP contribution in [0.1, 0.15) is 26.7 Å². The molecule has 2 rings (SSSR count). The van der Waals surface area contributed by atoms with E-state index in [2.05, 4.69) is 18.4 Å². The Balaban J connectivity index is 2.38. The molecule has 0 aromatic rings. The number of rotatable bonds is 1. The van der Waals surface area contributed by atoms with E-state index in [9.17, 15) is 4.79 Å². The monoisotopic (exact) mass is 196 g/mol. The first kappa shape index (κ1) is 9.00. The van der Waals surface area contributed by atoms with E-state index >= 15 is 0 Å². The van der Waals surface area contributed by atoms with Crippen LogP contribution in [0, 0.1) is 5.92 Å². The van der Waals surface area contributed by atoms with E-state index in [0.717, 1.165) is 12.8 Å². The normalized spacial score (nSPS) is 27.3. The van der Waals surface area contributed by atoms with Crippen LogP contribution in [0.5, 0.6) is 0 Å². The van der Waals surface area contributed by atoms with Crippen LogP contribution in [0.2, 0.25) is 0 Å². The largest absolute Gasteiger partial charge is 0.291 e. The quantitative estimate of drug-likeness (QED) is 0.598. The van der Waals surface area contributed by atoms with E-state index in [0.29, 0.717) is 11.7 Å². The van der Waals surface area contributed by atoms with Gasteiger partial charge in [-0.3, -0.25) is 4.79 Å². The maximum atomic E-state index is 11.5. The maximum Gasteiger partial charge on any atom is 0.266 e. The molecule has 0 aromatic heterocycles. The van der Waals surface area contributed by atoms with Crippen LogP contribution in [-0.4, -0.2) is 21.4 Å². The molecule has 0 saturated heterocycles. The van der Waals surface area contributed by atoms with Crippen LogP contribution in [-0.2, 0) is 4.79 Å². The van der Waals surface area contributed by atoms with Gasteiger partial charge in [-0.05, 0) is 11.8 Å². The first-order chi connectivity index (χ1) is 6.20. The number of thioether (sulfide) groups is 1. The molecule has 0 fully saturated rings. The molecule has 0 radical (unpaired) electrons. The fourth-order valence-electron chi connectivity index (χ4n) is 1.89. The summed E-state index contributed by atoms with van der Waals surface area (Å²) >= 11 is 1.63. The highest BCUT2D eigenvalue weighted by Crippen LogP contribution is 2.28.